The zero-order valence-electron chi connectivity index (χ0n) is 8.69. The molecule has 0 aliphatic rings. The summed E-state index contributed by atoms with van der Waals surface area (Å²) in [4.78, 5) is 24.2. The summed E-state index contributed by atoms with van der Waals surface area (Å²) in [5, 5.41) is 11.3. The lowest BCUT2D eigenvalue weighted by molar-refractivity contribution is -0.383. The van der Waals surface area contributed by atoms with E-state index >= 15 is 0 Å². The van der Waals surface area contributed by atoms with Crippen molar-refractivity contribution in [3.05, 3.63) is 40.1 Å². The van der Waals surface area contributed by atoms with E-state index in [0.717, 1.165) is 5.56 Å². The third-order valence-electron chi connectivity index (χ3n) is 2.42. The maximum Gasteiger partial charge on any atom is 0.294 e. The van der Waals surface area contributed by atoms with Crippen molar-refractivity contribution in [2.24, 2.45) is 0 Å². The van der Waals surface area contributed by atoms with E-state index in [9.17, 15) is 14.9 Å². The number of hydrogen-bond donors (Lipinski definition) is 1. The Balaban J connectivity index is 2.61. The van der Waals surface area contributed by atoms with Gasteiger partial charge in [-0.25, -0.2) is 0 Å². The number of nitro groups is 1. The van der Waals surface area contributed by atoms with Crippen molar-refractivity contribution in [3.8, 4) is 0 Å². The lowest BCUT2D eigenvalue weighted by Crippen LogP contribution is -1.96. The summed E-state index contributed by atoms with van der Waals surface area (Å²) in [6.07, 6.45) is 1.64. The summed E-state index contributed by atoms with van der Waals surface area (Å²) < 4.78 is 0. The van der Waals surface area contributed by atoms with Crippen LogP contribution < -0.4 is 0 Å². The van der Waals surface area contributed by atoms with Crippen molar-refractivity contribution < 1.29 is 9.72 Å². The minimum absolute atomic E-state index is 0.0322. The fraction of sp³-hybridized carbons (Fsp3) is 0.182. The van der Waals surface area contributed by atoms with Gasteiger partial charge in [-0.1, -0.05) is 12.1 Å². The largest absolute Gasteiger partial charge is 0.355 e. The van der Waals surface area contributed by atoms with E-state index in [1.807, 2.05) is 0 Å². The van der Waals surface area contributed by atoms with Crippen LogP contribution in [0.1, 0.15) is 12.5 Å². The van der Waals surface area contributed by atoms with Crippen LogP contribution in [0.2, 0.25) is 0 Å². The lowest BCUT2D eigenvalue weighted by atomic mass is 10.1. The molecule has 0 amide bonds. The lowest BCUT2D eigenvalue weighted by Gasteiger charge is -1.99. The number of nitrogens with zero attached hydrogens (tertiary/aromatic N) is 1. The first-order valence-corrected chi connectivity index (χ1v) is 4.82. The zero-order valence-corrected chi connectivity index (χ0v) is 8.69. The van der Waals surface area contributed by atoms with Gasteiger partial charge >= 0.3 is 0 Å². The highest BCUT2D eigenvalue weighted by molar-refractivity contribution is 5.93. The van der Waals surface area contributed by atoms with Crippen molar-refractivity contribution >= 4 is 22.4 Å². The molecule has 0 radical (unpaired) electrons. The first-order chi connectivity index (χ1) is 7.59. The molecule has 0 bridgehead atoms. The molecule has 0 aliphatic carbocycles. The van der Waals surface area contributed by atoms with Gasteiger partial charge in [-0.05, 0) is 18.6 Å². The molecule has 5 nitrogen and oxygen atoms in total. The molecule has 0 spiro atoms. The third-order valence-corrected chi connectivity index (χ3v) is 2.42. The monoisotopic (exact) mass is 218 g/mol. The number of nitrogens with one attached hydrogen (secondary N) is 1. The predicted octanol–water partition coefficient (Wildman–Crippen LogP) is 2.21. The van der Waals surface area contributed by atoms with Gasteiger partial charge in [-0.2, -0.15) is 0 Å². The van der Waals surface area contributed by atoms with Crippen LogP contribution in [0, 0.1) is 10.1 Å². The molecule has 16 heavy (non-hydrogen) atoms. The molecule has 0 saturated heterocycles. The van der Waals surface area contributed by atoms with Crippen LogP contribution in [-0.4, -0.2) is 15.7 Å². The molecule has 1 aromatic heterocycles. The van der Waals surface area contributed by atoms with E-state index in [0.29, 0.717) is 10.9 Å². The van der Waals surface area contributed by atoms with Gasteiger partial charge in [0.25, 0.3) is 5.69 Å². The number of aromatic nitrogens is 1. The topological polar surface area (TPSA) is 76.0 Å². The Labute approximate surface area is 91.2 Å². The molecule has 2 aromatic rings. The average Bonchev–Trinajstić information content (AvgIpc) is 2.61. The molecule has 0 unspecified atom stereocenters. The minimum atomic E-state index is -0.434. The Hall–Kier alpha value is -2.17. The number of Topliss-reactive ketones (excluding diaryl/α,β-unsaturated/α-hetero) is 1. The molecule has 1 heterocycles. The normalized spacial score (nSPS) is 10.6. The standard InChI is InChI=1S/C11H10N2O3/c1-7(14)5-8-3-2-4-9-10(13(15)16)6-12-11(8)9/h2-4,6,12H,5H2,1H3. The number of hydrogen-bond acceptors (Lipinski definition) is 3. The summed E-state index contributed by atoms with van der Waals surface area (Å²) >= 11 is 0. The Morgan fingerprint density at radius 3 is 2.88 bits per heavy atom. The van der Waals surface area contributed by atoms with E-state index in [-0.39, 0.29) is 17.9 Å². The van der Waals surface area contributed by atoms with Crippen molar-refractivity contribution in [2.75, 3.05) is 0 Å². The molecule has 0 saturated carbocycles. The predicted molar refractivity (Wildman–Crippen MR) is 59.3 cm³/mol. The van der Waals surface area contributed by atoms with E-state index in [2.05, 4.69) is 4.98 Å². The molecule has 5 heteroatoms. The number of para-hydroxylation sites is 1. The molecule has 0 fully saturated rings. The fourth-order valence-corrected chi connectivity index (χ4v) is 1.77. The van der Waals surface area contributed by atoms with Crippen LogP contribution in [0.3, 0.4) is 0 Å². The summed E-state index contributed by atoms with van der Waals surface area (Å²) in [5.74, 6) is 0.0322. The second-order valence-electron chi connectivity index (χ2n) is 3.65. The van der Waals surface area contributed by atoms with Crippen molar-refractivity contribution in [3.63, 3.8) is 0 Å². The number of carbonyl (C=O) groups excluding carboxylic acids is 1. The second-order valence-corrected chi connectivity index (χ2v) is 3.65. The number of ketones is 1. The minimum Gasteiger partial charge on any atom is -0.355 e. The number of fused-ring (bicyclic) bond motifs is 1. The Bertz CT molecular complexity index is 572. The van der Waals surface area contributed by atoms with Gasteiger partial charge in [-0.3, -0.25) is 14.9 Å². The van der Waals surface area contributed by atoms with Gasteiger partial charge in [0.15, 0.2) is 0 Å². The van der Waals surface area contributed by atoms with Crippen LogP contribution in [-0.2, 0) is 11.2 Å². The molecule has 0 aliphatic heterocycles. The highest BCUT2D eigenvalue weighted by Crippen LogP contribution is 2.27. The zero-order chi connectivity index (χ0) is 11.7. The number of rotatable bonds is 3. The van der Waals surface area contributed by atoms with Crippen LogP contribution in [0.15, 0.2) is 24.4 Å². The van der Waals surface area contributed by atoms with Crippen molar-refractivity contribution in [1.82, 2.24) is 4.98 Å². The SMILES string of the molecule is CC(=O)Cc1cccc2c([N+](=O)[O-])c[nH]c12. The first-order valence-electron chi connectivity index (χ1n) is 4.82. The maximum atomic E-state index is 11.0. The molecular formula is C11H10N2O3. The summed E-state index contributed by atoms with van der Waals surface area (Å²) in [6, 6.07) is 5.19. The Morgan fingerprint density at radius 1 is 1.50 bits per heavy atom. The summed E-state index contributed by atoms with van der Waals surface area (Å²) in [5.41, 5.74) is 1.50. The van der Waals surface area contributed by atoms with Gasteiger partial charge in [0, 0.05) is 6.42 Å². The molecular weight excluding hydrogens is 208 g/mol. The van der Waals surface area contributed by atoms with Gasteiger partial charge < -0.3 is 4.98 Å². The Morgan fingerprint density at radius 2 is 2.25 bits per heavy atom. The second kappa shape index (κ2) is 3.77. The number of aromatic amines is 1. The molecule has 2 rings (SSSR count). The van der Waals surface area contributed by atoms with Crippen molar-refractivity contribution in [2.45, 2.75) is 13.3 Å². The highest BCUT2D eigenvalue weighted by atomic mass is 16.6. The van der Waals surface area contributed by atoms with Crippen LogP contribution >= 0.6 is 0 Å². The average molecular weight is 218 g/mol. The maximum absolute atomic E-state index is 11.0. The third kappa shape index (κ3) is 1.67. The number of H-pyrrole nitrogens is 1. The van der Waals surface area contributed by atoms with E-state index < -0.39 is 4.92 Å². The molecule has 1 N–H and O–H groups in total. The summed E-state index contributed by atoms with van der Waals surface area (Å²) in [7, 11) is 0. The molecule has 0 atom stereocenters. The number of benzene rings is 1. The van der Waals surface area contributed by atoms with Crippen molar-refractivity contribution in [1.29, 1.82) is 0 Å². The Kier molecular flexibility index (Phi) is 2.44. The van der Waals surface area contributed by atoms with E-state index in [1.54, 1.807) is 18.2 Å². The van der Waals surface area contributed by atoms with E-state index in [4.69, 9.17) is 0 Å². The van der Waals surface area contributed by atoms with Crippen LogP contribution in [0.25, 0.3) is 10.9 Å². The van der Waals surface area contributed by atoms with Crippen LogP contribution in [0.4, 0.5) is 5.69 Å². The molecule has 1 aromatic carbocycles. The number of carbonyl (C=O) groups is 1. The van der Waals surface area contributed by atoms with E-state index in [1.165, 1.54) is 13.1 Å². The van der Waals surface area contributed by atoms with Gasteiger partial charge in [0.05, 0.1) is 22.0 Å². The van der Waals surface area contributed by atoms with Gasteiger partial charge in [0.2, 0.25) is 0 Å². The molecule has 82 valence electrons. The quantitative estimate of drug-likeness (QED) is 0.633. The summed E-state index contributed by atoms with van der Waals surface area (Å²) in [6.45, 7) is 1.50. The van der Waals surface area contributed by atoms with Gasteiger partial charge in [-0.15, -0.1) is 0 Å². The smallest absolute Gasteiger partial charge is 0.294 e. The fourth-order valence-electron chi connectivity index (χ4n) is 1.77. The highest BCUT2D eigenvalue weighted by Gasteiger charge is 2.15. The van der Waals surface area contributed by atoms with Crippen LogP contribution in [0.5, 0.6) is 0 Å². The van der Waals surface area contributed by atoms with Gasteiger partial charge in [0.1, 0.15) is 5.78 Å². The first kappa shape index (κ1) is 10.4.